The minimum atomic E-state index is -0.0888. The number of halogens is 2. The lowest BCUT2D eigenvalue weighted by Crippen LogP contribution is -2.11. The number of anilines is 1. The molecule has 1 unspecified atom stereocenters. The zero-order valence-electron chi connectivity index (χ0n) is 11.6. The van der Waals surface area contributed by atoms with Gasteiger partial charge in [0.1, 0.15) is 5.52 Å². The number of aryl methyl sites for hydroxylation is 1. The summed E-state index contributed by atoms with van der Waals surface area (Å²) in [6, 6.07) is 7.26. The number of nitrogens with two attached hydrogens (primary N) is 1. The maximum atomic E-state index is 6.30. The molecular weight excluding hydrogens is 307 g/mol. The van der Waals surface area contributed by atoms with Crippen molar-refractivity contribution in [1.82, 2.24) is 14.5 Å². The standard InChI is InChI=1S/C15H14Cl2N4/c1-8-5-6-19-14-13(8)20-15(18)21(14)9(2)11-4-3-10(16)7-12(11)17/h3-7,9H,1-2H3,(H2,18,20). The molecule has 0 aliphatic heterocycles. The molecule has 0 saturated heterocycles. The highest BCUT2D eigenvalue weighted by atomic mass is 35.5. The van der Waals surface area contributed by atoms with Crippen LogP contribution in [0, 0.1) is 6.92 Å². The van der Waals surface area contributed by atoms with Gasteiger partial charge in [0.25, 0.3) is 0 Å². The van der Waals surface area contributed by atoms with E-state index in [-0.39, 0.29) is 6.04 Å². The predicted molar refractivity (Wildman–Crippen MR) is 87.0 cm³/mol. The van der Waals surface area contributed by atoms with E-state index < -0.39 is 0 Å². The normalized spacial score (nSPS) is 12.8. The number of fused-ring (bicyclic) bond motifs is 1. The van der Waals surface area contributed by atoms with Crippen LogP contribution < -0.4 is 5.73 Å². The first-order valence-corrected chi connectivity index (χ1v) is 7.28. The van der Waals surface area contributed by atoms with Crippen LogP contribution in [-0.2, 0) is 0 Å². The van der Waals surface area contributed by atoms with E-state index in [1.54, 1.807) is 12.3 Å². The number of hydrogen-bond donors (Lipinski definition) is 1. The minimum absolute atomic E-state index is 0.0888. The molecule has 0 amide bonds. The van der Waals surface area contributed by atoms with Crippen molar-refractivity contribution < 1.29 is 0 Å². The lowest BCUT2D eigenvalue weighted by Gasteiger charge is -2.17. The number of hydrogen-bond acceptors (Lipinski definition) is 3. The van der Waals surface area contributed by atoms with Crippen molar-refractivity contribution >= 4 is 40.3 Å². The highest BCUT2D eigenvalue weighted by molar-refractivity contribution is 6.35. The molecule has 0 aliphatic carbocycles. The van der Waals surface area contributed by atoms with Crippen LogP contribution in [0.5, 0.6) is 0 Å². The Morgan fingerprint density at radius 1 is 1.24 bits per heavy atom. The largest absolute Gasteiger partial charge is 0.369 e. The number of aromatic nitrogens is 3. The van der Waals surface area contributed by atoms with Crippen molar-refractivity contribution in [2.45, 2.75) is 19.9 Å². The number of nitrogens with zero attached hydrogens (tertiary/aromatic N) is 3. The Hall–Kier alpha value is -1.78. The topological polar surface area (TPSA) is 56.7 Å². The fraction of sp³-hybridized carbons (Fsp3) is 0.200. The van der Waals surface area contributed by atoms with Gasteiger partial charge in [-0.3, -0.25) is 4.57 Å². The third kappa shape index (κ3) is 2.34. The summed E-state index contributed by atoms with van der Waals surface area (Å²) >= 11 is 12.2. The van der Waals surface area contributed by atoms with Gasteiger partial charge in [0.15, 0.2) is 5.65 Å². The van der Waals surface area contributed by atoms with Crippen LogP contribution >= 0.6 is 23.2 Å². The highest BCUT2D eigenvalue weighted by Gasteiger charge is 2.19. The quantitative estimate of drug-likeness (QED) is 0.768. The van der Waals surface area contributed by atoms with Crippen molar-refractivity contribution in [2.75, 3.05) is 5.73 Å². The van der Waals surface area contributed by atoms with Crippen molar-refractivity contribution in [3.8, 4) is 0 Å². The number of pyridine rings is 1. The molecule has 1 aromatic carbocycles. The van der Waals surface area contributed by atoms with Crippen molar-refractivity contribution in [1.29, 1.82) is 0 Å². The molecule has 4 nitrogen and oxygen atoms in total. The third-order valence-electron chi connectivity index (χ3n) is 3.61. The smallest absolute Gasteiger partial charge is 0.203 e. The SMILES string of the molecule is Cc1ccnc2c1nc(N)n2C(C)c1ccc(Cl)cc1Cl. The van der Waals surface area contributed by atoms with Gasteiger partial charge in [-0.2, -0.15) is 0 Å². The van der Waals surface area contributed by atoms with Gasteiger partial charge in [-0.25, -0.2) is 9.97 Å². The summed E-state index contributed by atoms with van der Waals surface area (Å²) in [6.07, 6.45) is 1.76. The van der Waals surface area contributed by atoms with Crippen LogP contribution in [0.25, 0.3) is 11.2 Å². The van der Waals surface area contributed by atoms with E-state index in [1.165, 1.54) is 0 Å². The van der Waals surface area contributed by atoms with Gasteiger partial charge in [-0.05, 0) is 43.2 Å². The second kappa shape index (κ2) is 5.20. The van der Waals surface area contributed by atoms with Gasteiger partial charge in [0, 0.05) is 16.2 Å². The van der Waals surface area contributed by atoms with Crippen LogP contribution in [0.2, 0.25) is 10.0 Å². The molecule has 3 aromatic rings. The number of rotatable bonds is 2. The Kier molecular flexibility index (Phi) is 3.51. The summed E-state index contributed by atoms with van der Waals surface area (Å²) in [4.78, 5) is 8.82. The van der Waals surface area contributed by atoms with Gasteiger partial charge < -0.3 is 5.73 Å². The van der Waals surface area contributed by atoms with Crippen LogP contribution in [-0.4, -0.2) is 14.5 Å². The lowest BCUT2D eigenvalue weighted by molar-refractivity contribution is 0.662. The van der Waals surface area contributed by atoms with Crippen LogP contribution in [0.3, 0.4) is 0 Å². The second-order valence-corrected chi connectivity index (χ2v) is 5.83. The molecule has 0 radical (unpaired) electrons. The van der Waals surface area contributed by atoms with E-state index in [1.807, 2.05) is 36.6 Å². The third-order valence-corrected chi connectivity index (χ3v) is 4.17. The summed E-state index contributed by atoms with van der Waals surface area (Å²) in [5.41, 5.74) is 9.62. The monoisotopic (exact) mass is 320 g/mol. The zero-order chi connectivity index (χ0) is 15.1. The van der Waals surface area contributed by atoms with Crippen molar-refractivity contribution in [2.24, 2.45) is 0 Å². The maximum absolute atomic E-state index is 6.30. The molecule has 0 fully saturated rings. The molecule has 21 heavy (non-hydrogen) atoms. The van der Waals surface area contributed by atoms with Gasteiger partial charge in [0.05, 0.1) is 6.04 Å². The number of nitrogen functional groups attached to an aromatic ring is 1. The lowest BCUT2D eigenvalue weighted by atomic mass is 10.1. The molecule has 2 heterocycles. The molecule has 0 aliphatic rings. The van der Waals surface area contributed by atoms with Crippen LogP contribution in [0.1, 0.15) is 24.1 Å². The fourth-order valence-electron chi connectivity index (χ4n) is 2.49. The van der Waals surface area contributed by atoms with E-state index in [0.29, 0.717) is 16.0 Å². The van der Waals surface area contributed by atoms with E-state index in [2.05, 4.69) is 9.97 Å². The van der Waals surface area contributed by atoms with Crippen LogP contribution in [0.4, 0.5) is 5.95 Å². The first-order valence-electron chi connectivity index (χ1n) is 6.53. The van der Waals surface area contributed by atoms with Crippen molar-refractivity contribution in [3.05, 3.63) is 51.6 Å². The Morgan fingerprint density at radius 3 is 2.71 bits per heavy atom. The van der Waals surface area contributed by atoms with E-state index in [4.69, 9.17) is 28.9 Å². The number of benzene rings is 1. The summed E-state index contributed by atoms with van der Waals surface area (Å²) in [5.74, 6) is 0.422. The summed E-state index contributed by atoms with van der Waals surface area (Å²) < 4.78 is 1.89. The molecule has 0 bridgehead atoms. The minimum Gasteiger partial charge on any atom is -0.369 e. The Balaban J connectivity index is 2.20. The first-order chi connectivity index (χ1) is 9.99. The molecule has 0 spiro atoms. The second-order valence-electron chi connectivity index (χ2n) is 4.98. The molecule has 2 aromatic heterocycles. The van der Waals surface area contributed by atoms with Gasteiger partial charge in [-0.1, -0.05) is 29.3 Å². The van der Waals surface area contributed by atoms with Crippen LogP contribution in [0.15, 0.2) is 30.5 Å². The zero-order valence-corrected chi connectivity index (χ0v) is 13.2. The van der Waals surface area contributed by atoms with Gasteiger partial charge in [0.2, 0.25) is 5.95 Å². The molecule has 6 heteroatoms. The molecular formula is C15H14Cl2N4. The van der Waals surface area contributed by atoms with E-state index in [0.717, 1.165) is 22.3 Å². The molecule has 108 valence electrons. The Labute approximate surface area is 132 Å². The predicted octanol–water partition coefficient (Wildman–Crippen LogP) is 4.24. The van der Waals surface area contributed by atoms with Crippen molar-refractivity contribution in [3.63, 3.8) is 0 Å². The fourth-order valence-corrected chi connectivity index (χ4v) is 3.06. The summed E-state index contributed by atoms with van der Waals surface area (Å²) in [6.45, 7) is 4.00. The highest BCUT2D eigenvalue weighted by Crippen LogP contribution is 2.32. The van der Waals surface area contributed by atoms with E-state index in [9.17, 15) is 0 Å². The average molecular weight is 321 g/mol. The summed E-state index contributed by atoms with van der Waals surface area (Å²) in [5, 5.41) is 1.21. The molecule has 1 atom stereocenters. The summed E-state index contributed by atoms with van der Waals surface area (Å²) in [7, 11) is 0. The average Bonchev–Trinajstić information content (AvgIpc) is 2.76. The van der Waals surface area contributed by atoms with E-state index >= 15 is 0 Å². The Morgan fingerprint density at radius 2 is 2.00 bits per heavy atom. The maximum Gasteiger partial charge on any atom is 0.203 e. The Bertz CT molecular complexity index is 826. The first kappa shape index (κ1) is 14.2. The van der Waals surface area contributed by atoms with Gasteiger partial charge >= 0.3 is 0 Å². The molecule has 2 N–H and O–H groups in total. The van der Waals surface area contributed by atoms with Gasteiger partial charge in [-0.15, -0.1) is 0 Å². The molecule has 3 rings (SSSR count). The molecule has 0 saturated carbocycles. The number of imidazole rings is 1.